The number of nitrogens with zero attached hydrogens (tertiary/aromatic N) is 1. The Kier molecular flexibility index (Phi) is 6.56. The van der Waals surface area contributed by atoms with Crippen LogP contribution in [-0.2, 0) is 27.3 Å². The molecule has 3 rings (SSSR count). The van der Waals surface area contributed by atoms with Crippen molar-refractivity contribution in [2.75, 3.05) is 26.6 Å². The molecule has 0 unspecified atom stereocenters. The molecule has 8 nitrogen and oxygen atoms in total. The van der Waals surface area contributed by atoms with Crippen molar-refractivity contribution in [3.8, 4) is 17.2 Å². The number of hydrogen-bond acceptors (Lipinski definition) is 6. The van der Waals surface area contributed by atoms with Gasteiger partial charge in [0, 0.05) is 18.5 Å². The quantitative estimate of drug-likeness (QED) is 0.670. The summed E-state index contributed by atoms with van der Waals surface area (Å²) in [6, 6.07) is 10.5. The van der Waals surface area contributed by atoms with Crippen LogP contribution < -0.4 is 19.5 Å². The summed E-state index contributed by atoms with van der Waals surface area (Å²) in [5.74, 6) is 0.923. The Morgan fingerprint density at radius 1 is 0.900 bits per heavy atom. The third-order valence-corrected chi connectivity index (χ3v) is 4.82. The number of amides is 3. The van der Waals surface area contributed by atoms with E-state index in [4.69, 9.17) is 14.2 Å². The summed E-state index contributed by atoms with van der Waals surface area (Å²) in [5, 5.41) is 2.83. The van der Waals surface area contributed by atoms with Crippen LogP contribution in [0.5, 0.6) is 17.2 Å². The number of carbonyl (C=O) groups excluding carboxylic acids is 3. The first-order valence-electron chi connectivity index (χ1n) is 9.46. The highest BCUT2D eigenvalue weighted by atomic mass is 16.5. The lowest BCUT2D eigenvalue weighted by molar-refractivity contribution is -0.139. The number of anilines is 1. The first-order chi connectivity index (χ1) is 14.4. The van der Waals surface area contributed by atoms with Crippen molar-refractivity contribution >= 4 is 23.4 Å². The van der Waals surface area contributed by atoms with E-state index in [0.29, 0.717) is 28.5 Å². The molecule has 1 N–H and O–H groups in total. The molecule has 1 heterocycles. The highest BCUT2D eigenvalue weighted by Crippen LogP contribution is 2.38. The zero-order chi connectivity index (χ0) is 21.7. The van der Waals surface area contributed by atoms with E-state index in [0.717, 1.165) is 5.56 Å². The van der Waals surface area contributed by atoms with Gasteiger partial charge in [-0.25, -0.2) is 0 Å². The van der Waals surface area contributed by atoms with Crippen LogP contribution in [0.15, 0.2) is 36.4 Å². The highest BCUT2D eigenvalue weighted by molar-refractivity contribution is 6.01. The molecule has 0 aliphatic carbocycles. The number of nitrogens with one attached hydrogen (secondary N) is 1. The molecule has 0 saturated carbocycles. The van der Waals surface area contributed by atoms with Gasteiger partial charge in [-0.1, -0.05) is 12.1 Å². The van der Waals surface area contributed by atoms with Gasteiger partial charge in [0.2, 0.25) is 23.5 Å². The third-order valence-electron chi connectivity index (χ3n) is 4.82. The smallest absolute Gasteiger partial charge is 0.229 e. The van der Waals surface area contributed by atoms with Crippen molar-refractivity contribution in [1.82, 2.24) is 4.90 Å². The third kappa shape index (κ3) is 4.71. The number of rotatable bonds is 8. The van der Waals surface area contributed by atoms with Crippen LogP contribution in [0, 0.1) is 0 Å². The number of carbonyl (C=O) groups is 3. The van der Waals surface area contributed by atoms with E-state index in [1.807, 2.05) is 0 Å². The van der Waals surface area contributed by atoms with Crippen LogP contribution in [0.25, 0.3) is 0 Å². The number of ether oxygens (including phenoxy) is 3. The Hall–Kier alpha value is -3.55. The molecule has 1 aliphatic rings. The number of likely N-dealkylation sites (tertiary alicyclic amines) is 1. The Morgan fingerprint density at radius 2 is 1.47 bits per heavy atom. The molecular formula is C22H24N2O6. The van der Waals surface area contributed by atoms with E-state index >= 15 is 0 Å². The second-order valence-electron chi connectivity index (χ2n) is 6.83. The average Bonchev–Trinajstić information content (AvgIpc) is 3.06. The Morgan fingerprint density at radius 3 is 1.97 bits per heavy atom. The van der Waals surface area contributed by atoms with Gasteiger partial charge in [0.25, 0.3) is 0 Å². The Labute approximate surface area is 174 Å². The molecule has 3 amide bonds. The van der Waals surface area contributed by atoms with Crippen molar-refractivity contribution in [3.05, 3.63) is 47.5 Å². The molecule has 1 aliphatic heterocycles. The van der Waals surface area contributed by atoms with Crippen molar-refractivity contribution in [3.63, 3.8) is 0 Å². The normalized spacial score (nSPS) is 13.4. The van der Waals surface area contributed by atoms with Crippen LogP contribution in [0.1, 0.15) is 24.0 Å². The van der Waals surface area contributed by atoms with Gasteiger partial charge in [-0.2, -0.15) is 0 Å². The first-order valence-corrected chi connectivity index (χ1v) is 9.46. The summed E-state index contributed by atoms with van der Waals surface area (Å²) >= 11 is 0. The molecule has 30 heavy (non-hydrogen) atoms. The fourth-order valence-electron chi connectivity index (χ4n) is 3.30. The molecule has 1 fully saturated rings. The lowest BCUT2D eigenvalue weighted by Crippen LogP contribution is -2.28. The van der Waals surface area contributed by atoms with Crippen molar-refractivity contribution in [2.45, 2.75) is 25.8 Å². The number of methoxy groups -OCH3 is 3. The lowest BCUT2D eigenvalue weighted by Gasteiger charge is -2.15. The van der Waals surface area contributed by atoms with Crippen molar-refractivity contribution in [2.24, 2.45) is 0 Å². The minimum atomic E-state index is -0.207. The predicted molar refractivity (Wildman–Crippen MR) is 110 cm³/mol. The summed E-state index contributed by atoms with van der Waals surface area (Å²) in [5.41, 5.74) is 2.15. The topological polar surface area (TPSA) is 94.2 Å². The molecule has 8 heteroatoms. The molecule has 2 aromatic rings. The van der Waals surface area contributed by atoms with Gasteiger partial charge in [0.05, 0.1) is 34.3 Å². The standard InChI is InChI=1S/C22H24N2O6/c1-28-17-10-15(11-18(29-2)22(17)30-3)12-19(25)23-16-6-4-14(5-7-16)13-24-20(26)8-9-21(24)27/h4-7,10-11H,8-9,12-13H2,1-3H3,(H,23,25). The van der Waals surface area contributed by atoms with Gasteiger partial charge in [-0.15, -0.1) is 0 Å². The van der Waals surface area contributed by atoms with E-state index in [2.05, 4.69) is 5.32 Å². The van der Waals surface area contributed by atoms with Crippen LogP contribution in [-0.4, -0.2) is 44.0 Å². The minimum Gasteiger partial charge on any atom is -0.493 e. The first kappa shape index (κ1) is 21.2. The van der Waals surface area contributed by atoms with Crippen LogP contribution >= 0.6 is 0 Å². The second kappa shape index (κ2) is 9.30. The second-order valence-corrected chi connectivity index (χ2v) is 6.83. The zero-order valence-corrected chi connectivity index (χ0v) is 17.2. The number of imide groups is 1. The number of hydrogen-bond donors (Lipinski definition) is 1. The Balaban J connectivity index is 1.64. The summed E-state index contributed by atoms with van der Waals surface area (Å²) < 4.78 is 15.9. The summed E-state index contributed by atoms with van der Waals surface area (Å²) in [4.78, 5) is 37.2. The van der Waals surface area contributed by atoms with Gasteiger partial charge in [0.1, 0.15) is 0 Å². The molecule has 0 bridgehead atoms. The summed E-state index contributed by atoms with van der Waals surface area (Å²) in [7, 11) is 4.56. The van der Waals surface area contributed by atoms with Gasteiger partial charge >= 0.3 is 0 Å². The summed E-state index contributed by atoms with van der Waals surface area (Å²) in [6.07, 6.45) is 0.664. The molecule has 158 valence electrons. The molecule has 0 atom stereocenters. The van der Waals surface area contributed by atoms with Gasteiger partial charge in [-0.3, -0.25) is 19.3 Å². The Bertz CT molecular complexity index is 914. The van der Waals surface area contributed by atoms with Crippen molar-refractivity contribution in [1.29, 1.82) is 0 Å². The van der Waals surface area contributed by atoms with Crippen molar-refractivity contribution < 1.29 is 28.6 Å². The maximum absolute atomic E-state index is 12.5. The average molecular weight is 412 g/mol. The number of benzene rings is 2. The molecule has 0 spiro atoms. The fourth-order valence-corrected chi connectivity index (χ4v) is 3.30. The van der Waals surface area contributed by atoms with E-state index in [9.17, 15) is 14.4 Å². The highest BCUT2D eigenvalue weighted by Gasteiger charge is 2.28. The van der Waals surface area contributed by atoms with E-state index in [-0.39, 0.29) is 43.5 Å². The van der Waals surface area contributed by atoms with Crippen LogP contribution in [0.2, 0.25) is 0 Å². The van der Waals surface area contributed by atoms with Gasteiger partial charge in [-0.05, 0) is 35.4 Å². The minimum absolute atomic E-state index is 0.120. The summed E-state index contributed by atoms with van der Waals surface area (Å²) in [6.45, 7) is 0.247. The van der Waals surface area contributed by atoms with E-state index < -0.39 is 0 Å². The van der Waals surface area contributed by atoms with E-state index in [1.54, 1.807) is 36.4 Å². The van der Waals surface area contributed by atoms with E-state index in [1.165, 1.54) is 26.2 Å². The largest absolute Gasteiger partial charge is 0.493 e. The molecule has 0 aromatic heterocycles. The maximum Gasteiger partial charge on any atom is 0.229 e. The SMILES string of the molecule is COc1cc(CC(=O)Nc2ccc(CN3C(=O)CCC3=O)cc2)cc(OC)c1OC. The molecule has 0 radical (unpaired) electrons. The monoisotopic (exact) mass is 412 g/mol. The predicted octanol–water partition coefficient (Wildman–Crippen LogP) is 2.54. The maximum atomic E-state index is 12.5. The molecule has 1 saturated heterocycles. The fraction of sp³-hybridized carbons (Fsp3) is 0.318. The van der Waals surface area contributed by atoms with Crippen LogP contribution in [0.3, 0.4) is 0 Å². The van der Waals surface area contributed by atoms with Crippen LogP contribution in [0.4, 0.5) is 5.69 Å². The zero-order valence-electron chi connectivity index (χ0n) is 17.2. The van der Waals surface area contributed by atoms with Gasteiger partial charge in [0.15, 0.2) is 11.5 Å². The van der Waals surface area contributed by atoms with Gasteiger partial charge < -0.3 is 19.5 Å². The molecular weight excluding hydrogens is 388 g/mol. The molecule has 2 aromatic carbocycles. The lowest BCUT2D eigenvalue weighted by atomic mass is 10.1.